The Morgan fingerprint density at radius 1 is 1.53 bits per heavy atom. The molecule has 10 heteroatoms. The van der Waals surface area contributed by atoms with Crippen LogP contribution in [-0.2, 0) is 6.54 Å². The van der Waals surface area contributed by atoms with Crippen molar-refractivity contribution in [2.24, 2.45) is 10.2 Å². The van der Waals surface area contributed by atoms with E-state index < -0.39 is 6.09 Å². The van der Waals surface area contributed by atoms with Crippen LogP contribution in [0.15, 0.2) is 20.9 Å². The highest BCUT2D eigenvalue weighted by Gasteiger charge is 2.19. The van der Waals surface area contributed by atoms with Crippen LogP contribution in [0.5, 0.6) is 0 Å². The number of nitrogens with one attached hydrogen (secondary N) is 2. The fourth-order valence-electron chi connectivity index (χ4n) is 1.30. The second-order valence-corrected chi connectivity index (χ2v) is 3.48. The first-order valence-electron chi connectivity index (χ1n) is 4.98. The zero-order valence-corrected chi connectivity index (χ0v) is 10.5. The molecule has 9 nitrogen and oxygen atoms in total. The summed E-state index contributed by atoms with van der Waals surface area (Å²) in [5, 5.41) is 18.8. The summed E-state index contributed by atoms with van der Waals surface area (Å²) in [6, 6.07) is 0. The van der Waals surface area contributed by atoms with Gasteiger partial charge in [-0.3, -0.25) is 10.1 Å². The minimum absolute atomic E-state index is 0. The van der Waals surface area contributed by atoms with Crippen LogP contribution in [0, 0.1) is 0 Å². The first-order valence-corrected chi connectivity index (χ1v) is 4.98. The zero-order chi connectivity index (χ0) is 13.1. The van der Waals surface area contributed by atoms with Crippen molar-refractivity contribution in [3.8, 4) is 0 Å². The number of oxazole rings is 1. The Morgan fingerprint density at radius 3 is 2.84 bits per heavy atom. The maximum atomic E-state index is 11.0. The molecule has 1 aliphatic rings. The molecule has 1 unspecified atom stereocenters. The van der Waals surface area contributed by atoms with E-state index >= 15 is 0 Å². The fourth-order valence-corrected chi connectivity index (χ4v) is 1.30. The van der Waals surface area contributed by atoms with E-state index in [1.807, 2.05) is 0 Å². The number of hydrogen-bond acceptors (Lipinski definition) is 6. The summed E-state index contributed by atoms with van der Waals surface area (Å²) in [6.45, 7) is 1.61. The van der Waals surface area contributed by atoms with E-state index in [0.717, 1.165) is 0 Å². The number of aromatic nitrogens is 1. The van der Waals surface area contributed by atoms with E-state index in [9.17, 15) is 9.59 Å². The van der Waals surface area contributed by atoms with Crippen molar-refractivity contribution in [2.75, 3.05) is 0 Å². The average Bonchev–Trinajstić information content (AvgIpc) is 2.88. The minimum Gasteiger partial charge on any atom is -1.00 e. The van der Waals surface area contributed by atoms with Crippen LogP contribution in [0.1, 0.15) is 23.3 Å². The number of carbonyl (C=O) groups excluding carboxylic acids is 1. The Balaban J connectivity index is 0.00000180. The number of rotatable bonds is 3. The molecule has 0 fully saturated rings. The topological polar surface area (TPSA) is 122 Å². The van der Waals surface area contributed by atoms with Gasteiger partial charge in [-0.2, -0.15) is 0 Å². The number of hydrogen-bond donors (Lipinski definition) is 3. The minimum atomic E-state index is -1.21. The molecule has 1 atom stereocenters. The van der Waals surface area contributed by atoms with Gasteiger partial charge in [-0.15, -0.1) is 0 Å². The number of quaternary nitrogens is 1. The first-order chi connectivity index (χ1) is 8.54. The van der Waals surface area contributed by atoms with Crippen LogP contribution < -0.4 is 22.8 Å². The average molecular weight is 288 g/mol. The maximum absolute atomic E-state index is 11.0. The lowest BCUT2D eigenvalue weighted by Gasteiger charge is -1.98. The molecular weight excluding hydrogens is 278 g/mol. The number of Topliss-reactive ketones (excluding diaryl/α,β-unsaturated/α-hetero) is 1. The SMILES string of the molecule is CC(=O)c1nc(C[NH+]2N=CC(NC(=O)O)=N2)co1.[Cl-]. The molecule has 0 saturated carbocycles. The molecular formula is C9H10ClN5O4. The Kier molecular flexibility index (Phi) is 4.73. The van der Waals surface area contributed by atoms with E-state index in [2.05, 4.69) is 20.5 Å². The van der Waals surface area contributed by atoms with Crippen LogP contribution in [0.4, 0.5) is 4.79 Å². The van der Waals surface area contributed by atoms with Gasteiger partial charge in [-0.25, -0.2) is 9.78 Å². The van der Waals surface area contributed by atoms with Crippen LogP contribution in [0.3, 0.4) is 0 Å². The number of amides is 1. The molecule has 0 aliphatic carbocycles. The fraction of sp³-hybridized carbons (Fsp3) is 0.222. The highest BCUT2D eigenvalue weighted by atomic mass is 35.5. The molecule has 2 heterocycles. The summed E-state index contributed by atoms with van der Waals surface area (Å²) < 4.78 is 4.94. The lowest BCUT2D eigenvalue weighted by atomic mass is 10.4. The van der Waals surface area contributed by atoms with Gasteiger partial charge in [-0.05, 0) is 5.10 Å². The highest BCUT2D eigenvalue weighted by molar-refractivity contribution is 6.32. The van der Waals surface area contributed by atoms with Crippen molar-refractivity contribution in [1.29, 1.82) is 0 Å². The van der Waals surface area contributed by atoms with Gasteiger partial charge in [-0.1, -0.05) is 10.2 Å². The second kappa shape index (κ2) is 6.07. The summed E-state index contributed by atoms with van der Waals surface area (Å²) in [4.78, 5) is 25.3. The first kappa shape index (κ1) is 14.8. The predicted octanol–water partition coefficient (Wildman–Crippen LogP) is -4.15. The van der Waals surface area contributed by atoms with Gasteiger partial charge in [0.25, 0.3) is 5.89 Å². The third-order valence-corrected chi connectivity index (χ3v) is 2.01. The van der Waals surface area contributed by atoms with Crippen LogP contribution in [0.2, 0.25) is 0 Å². The number of halogens is 1. The monoisotopic (exact) mass is 287 g/mol. The number of amidine groups is 1. The van der Waals surface area contributed by atoms with Crippen molar-refractivity contribution < 1.29 is 36.6 Å². The van der Waals surface area contributed by atoms with Crippen molar-refractivity contribution in [1.82, 2.24) is 10.3 Å². The molecule has 1 aromatic rings. The van der Waals surface area contributed by atoms with Gasteiger partial charge in [0.1, 0.15) is 18.2 Å². The zero-order valence-electron chi connectivity index (χ0n) is 9.75. The Morgan fingerprint density at radius 2 is 2.26 bits per heavy atom. The summed E-state index contributed by atoms with van der Waals surface area (Å²) in [5.74, 6) is -0.0915. The number of ketones is 1. The van der Waals surface area contributed by atoms with Crippen LogP contribution in [0.25, 0.3) is 0 Å². The highest BCUT2D eigenvalue weighted by Crippen LogP contribution is 2.01. The molecule has 0 saturated heterocycles. The maximum Gasteiger partial charge on any atom is 0.410 e. The second-order valence-electron chi connectivity index (χ2n) is 3.48. The third kappa shape index (κ3) is 3.86. The Labute approximate surface area is 113 Å². The van der Waals surface area contributed by atoms with E-state index in [-0.39, 0.29) is 36.5 Å². The lowest BCUT2D eigenvalue weighted by Crippen LogP contribution is -3.00. The van der Waals surface area contributed by atoms with Crippen LogP contribution in [-0.4, -0.2) is 34.0 Å². The molecule has 1 amide bonds. The van der Waals surface area contributed by atoms with Crippen molar-refractivity contribution in [3.05, 3.63) is 17.8 Å². The molecule has 0 aromatic carbocycles. The number of carbonyl (C=O) groups is 2. The summed E-state index contributed by atoms with van der Waals surface area (Å²) in [7, 11) is 0. The summed E-state index contributed by atoms with van der Waals surface area (Å²) in [6.07, 6.45) is 1.44. The van der Waals surface area contributed by atoms with E-state index in [1.165, 1.54) is 19.4 Å². The molecule has 0 bridgehead atoms. The van der Waals surface area contributed by atoms with Crippen molar-refractivity contribution >= 4 is 23.9 Å². The van der Waals surface area contributed by atoms with E-state index in [0.29, 0.717) is 10.8 Å². The Bertz CT molecular complexity index is 553. The van der Waals surface area contributed by atoms with E-state index in [4.69, 9.17) is 9.52 Å². The smallest absolute Gasteiger partial charge is 0.410 e. The van der Waals surface area contributed by atoms with Gasteiger partial charge in [0.2, 0.25) is 11.6 Å². The molecule has 2 rings (SSSR count). The third-order valence-electron chi connectivity index (χ3n) is 2.01. The van der Waals surface area contributed by atoms with Gasteiger partial charge in [0.05, 0.1) is 0 Å². The molecule has 1 aromatic heterocycles. The molecule has 0 spiro atoms. The molecule has 1 aliphatic heterocycles. The number of nitrogens with zero attached hydrogens (tertiary/aromatic N) is 3. The largest absolute Gasteiger partial charge is 1.00 e. The Hall–Kier alpha value is -2.26. The number of carboxylic acid groups (broad SMARTS) is 1. The molecule has 102 valence electrons. The van der Waals surface area contributed by atoms with Crippen molar-refractivity contribution in [2.45, 2.75) is 13.5 Å². The van der Waals surface area contributed by atoms with Crippen molar-refractivity contribution in [3.63, 3.8) is 0 Å². The molecule has 0 radical (unpaired) electrons. The summed E-state index contributed by atoms with van der Waals surface area (Å²) in [5.41, 5.74) is 0.507. The van der Waals surface area contributed by atoms with Gasteiger partial charge < -0.3 is 21.9 Å². The standard InChI is InChI=1S/C9H9N5O4.ClH/c1-5(15)8-11-6(4-18-8)3-14-10-2-7(13-14)12-9(16)17;/h2,4H,3H2,1H3,(H,12,13)(H,16,17);1H. The van der Waals surface area contributed by atoms with Gasteiger partial charge >= 0.3 is 6.09 Å². The van der Waals surface area contributed by atoms with Gasteiger partial charge in [0, 0.05) is 6.92 Å². The molecule has 19 heavy (non-hydrogen) atoms. The predicted molar refractivity (Wildman–Crippen MR) is 58.3 cm³/mol. The van der Waals surface area contributed by atoms with Crippen LogP contribution >= 0.6 is 0 Å². The summed E-state index contributed by atoms with van der Waals surface area (Å²) >= 11 is 0. The normalized spacial score (nSPS) is 16.7. The van der Waals surface area contributed by atoms with Gasteiger partial charge in [0.15, 0.2) is 6.54 Å². The quantitative estimate of drug-likeness (QED) is 0.487. The molecule has 3 N–H and O–H groups in total. The van der Waals surface area contributed by atoms with E-state index in [1.54, 1.807) is 0 Å². The lowest BCUT2D eigenvalue weighted by molar-refractivity contribution is -0.925.